The summed E-state index contributed by atoms with van der Waals surface area (Å²) in [5, 5.41) is 11.8. The molecule has 0 aliphatic heterocycles. The number of anilines is 2. The summed E-state index contributed by atoms with van der Waals surface area (Å²) < 4.78 is 2.81. The molecule has 2 heterocycles. The molecule has 3 N–H and O–H groups in total. The van der Waals surface area contributed by atoms with E-state index in [0.29, 0.717) is 16.0 Å². The standard InChI is InChI=1S/C16H24N6O3S2/c1-8(2)6-22-12(17)11(13(24)21(5)16(22)25)10(23)7-26-15-20-19-14(27-15)18-9(3)4/h8-9H,6-7,17H2,1-5H3,(H,18,19). The van der Waals surface area contributed by atoms with Crippen LogP contribution in [-0.4, -0.2) is 36.9 Å². The SMILES string of the molecule is CC(C)Cn1c(N)c(C(=O)CSc2nnc(NC(C)C)s2)c(=O)n(C)c1=O. The number of carbonyl (C=O) groups excluding carboxylic acids is 1. The van der Waals surface area contributed by atoms with Gasteiger partial charge in [-0.3, -0.25) is 18.7 Å². The predicted octanol–water partition coefficient (Wildman–Crippen LogP) is 1.43. The van der Waals surface area contributed by atoms with E-state index < -0.39 is 17.0 Å². The lowest BCUT2D eigenvalue weighted by Gasteiger charge is -2.15. The number of nitrogens with zero attached hydrogens (tertiary/aromatic N) is 4. The van der Waals surface area contributed by atoms with E-state index in [0.717, 1.165) is 4.57 Å². The first-order valence-corrected chi connectivity index (χ1v) is 10.3. The van der Waals surface area contributed by atoms with E-state index in [1.165, 1.54) is 34.7 Å². The van der Waals surface area contributed by atoms with E-state index in [1.54, 1.807) is 0 Å². The van der Waals surface area contributed by atoms with E-state index in [-0.39, 0.29) is 29.1 Å². The lowest BCUT2D eigenvalue weighted by Crippen LogP contribution is -2.43. The molecule has 0 fully saturated rings. The molecular formula is C16H24N6O3S2. The first kappa shape index (κ1) is 21.2. The number of thioether (sulfide) groups is 1. The van der Waals surface area contributed by atoms with Gasteiger partial charge in [0.2, 0.25) is 5.13 Å². The van der Waals surface area contributed by atoms with Gasteiger partial charge < -0.3 is 11.1 Å². The van der Waals surface area contributed by atoms with E-state index in [1.807, 2.05) is 27.7 Å². The average Bonchev–Trinajstić information content (AvgIpc) is 3.01. The van der Waals surface area contributed by atoms with E-state index in [2.05, 4.69) is 15.5 Å². The molecule has 0 radical (unpaired) electrons. The van der Waals surface area contributed by atoms with Crippen molar-refractivity contribution in [3.05, 3.63) is 26.4 Å². The van der Waals surface area contributed by atoms with Crippen molar-refractivity contribution < 1.29 is 4.79 Å². The van der Waals surface area contributed by atoms with Crippen molar-refractivity contribution in [2.45, 2.75) is 44.6 Å². The summed E-state index contributed by atoms with van der Waals surface area (Å²) in [7, 11) is 1.35. The van der Waals surface area contributed by atoms with Gasteiger partial charge in [0.15, 0.2) is 10.1 Å². The van der Waals surface area contributed by atoms with Crippen molar-refractivity contribution in [3.8, 4) is 0 Å². The summed E-state index contributed by atoms with van der Waals surface area (Å²) in [4.78, 5) is 37.4. The first-order chi connectivity index (χ1) is 12.6. The second-order valence-electron chi connectivity index (χ2n) is 6.80. The van der Waals surface area contributed by atoms with Crippen molar-refractivity contribution >= 4 is 39.8 Å². The molecule has 0 bridgehead atoms. The van der Waals surface area contributed by atoms with Crippen LogP contribution in [0.3, 0.4) is 0 Å². The van der Waals surface area contributed by atoms with Crippen molar-refractivity contribution in [1.82, 2.24) is 19.3 Å². The van der Waals surface area contributed by atoms with Crippen LogP contribution in [0.4, 0.5) is 10.9 Å². The number of carbonyl (C=O) groups is 1. The number of nitrogen functional groups attached to an aromatic ring is 1. The van der Waals surface area contributed by atoms with Crippen LogP contribution in [0.25, 0.3) is 0 Å². The molecule has 27 heavy (non-hydrogen) atoms. The molecule has 11 heteroatoms. The second kappa shape index (κ2) is 8.70. The third kappa shape index (κ3) is 4.98. The van der Waals surface area contributed by atoms with Gasteiger partial charge in [-0.1, -0.05) is 36.9 Å². The Morgan fingerprint density at radius 1 is 1.26 bits per heavy atom. The largest absolute Gasteiger partial charge is 0.384 e. The van der Waals surface area contributed by atoms with Crippen LogP contribution >= 0.6 is 23.1 Å². The zero-order chi connectivity index (χ0) is 20.3. The van der Waals surface area contributed by atoms with Crippen LogP contribution in [0.15, 0.2) is 13.9 Å². The maximum atomic E-state index is 12.7. The highest BCUT2D eigenvalue weighted by Gasteiger charge is 2.22. The fourth-order valence-corrected chi connectivity index (χ4v) is 4.13. The first-order valence-electron chi connectivity index (χ1n) is 8.47. The van der Waals surface area contributed by atoms with Gasteiger partial charge in [-0.2, -0.15) is 0 Å². The number of nitrogens with two attached hydrogens (primary N) is 1. The van der Waals surface area contributed by atoms with Crippen LogP contribution < -0.4 is 22.3 Å². The Labute approximate surface area is 165 Å². The Morgan fingerprint density at radius 3 is 2.52 bits per heavy atom. The molecular weight excluding hydrogens is 388 g/mol. The molecule has 9 nitrogen and oxygen atoms in total. The Morgan fingerprint density at radius 2 is 1.93 bits per heavy atom. The number of rotatable bonds is 8. The molecule has 0 aliphatic rings. The monoisotopic (exact) mass is 412 g/mol. The number of aromatic nitrogens is 4. The fraction of sp³-hybridized carbons (Fsp3) is 0.562. The zero-order valence-corrected chi connectivity index (χ0v) is 17.6. The van der Waals surface area contributed by atoms with E-state index >= 15 is 0 Å². The third-order valence-electron chi connectivity index (χ3n) is 3.56. The number of nitrogens with one attached hydrogen (secondary N) is 1. The molecule has 0 aliphatic carbocycles. The van der Waals surface area contributed by atoms with Crippen molar-refractivity contribution in [2.75, 3.05) is 16.8 Å². The van der Waals surface area contributed by atoms with Crippen LogP contribution in [0.5, 0.6) is 0 Å². The van der Waals surface area contributed by atoms with Gasteiger partial charge in [-0.05, 0) is 19.8 Å². The average molecular weight is 413 g/mol. The summed E-state index contributed by atoms with van der Waals surface area (Å²) in [5.74, 6) is -0.408. The summed E-state index contributed by atoms with van der Waals surface area (Å²) in [6.45, 7) is 8.15. The minimum atomic E-state index is -0.678. The number of ketones is 1. The molecule has 0 saturated carbocycles. The number of hydrogen-bond donors (Lipinski definition) is 2. The normalized spacial score (nSPS) is 11.4. The minimum absolute atomic E-state index is 0.0182. The van der Waals surface area contributed by atoms with Gasteiger partial charge >= 0.3 is 5.69 Å². The second-order valence-corrected chi connectivity index (χ2v) is 9.00. The minimum Gasteiger partial charge on any atom is -0.384 e. The molecule has 0 atom stereocenters. The molecule has 2 aromatic heterocycles. The molecule has 0 aromatic carbocycles. The van der Waals surface area contributed by atoms with Gasteiger partial charge in [-0.25, -0.2) is 4.79 Å². The maximum absolute atomic E-state index is 12.7. The topological polar surface area (TPSA) is 125 Å². The summed E-state index contributed by atoms with van der Waals surface area (Å²) in [6, 6.07) is 0.224. The quantitative estimate of drug-likeness (QED) is 0.493. The maximum Gasteiger partial charge on any atom is 0.332 e. The summed E-state index contributed by atoms with van der Waals surface area (Å²) in [5.41, 5.74) is 4.66. The van der Waals surface area contributed by atoms with E-state index in [9.17, 15) is 14.4 Å². The molecule has 148 valence electrons. The summed E-state index contributed by atoms with van der Waals surface area (Å²) >= 11 is 2.51. The highest BCUT2D eigenvalue weighted by molar-refractivity contribution is 8.01. The lowest BCUT2D eigenvalue weighted by molar-refractivity contribution is 0.102. The van der Waals surface area contributed by atoms with Crippen LogP contribution in [0.2, 0.25) is 0 Å². The Bertz CT molecular complexity index is 945. The lowest BCUT2D eigenvalue weighted by atomic mass is 10.2. The van der Waals surface area contributed by atoms with Gasteiger partial charge in [0.25, 0.3) is 5.56 Å². The smallest absolute Gasteiger partial charge is 0.332 e. The van der Waals surface area contributed by atoms with Crippen molar-refractivity contribution in [3.63, 3.8) is 0 Å². The fourth-order valence-electron chi connectivity index (χ4n) is 2.36. The Balaban J connectivity index is 2.25. The number of Topliss-reactive ketones (excluding diaryl/α,β-unsaturated/α-hetero) is 1. The molecule has 2 rings (SSSR count). The highest BCUT2D eigenvalue weighted by Crippen LogP contribution is 2.26. The van der Waals surface area contributed by atoms with E-state index in [4.69, 9.17) is 5.73 Å². The van der Waals surface area contributed by atoms with Gasteiger partial charge in [0.1, 0.15) is 11.4 Å². The number of hydrogen-bond acceptors (Lipinski definition) is 9. The van der Waals surface area contributed by atoms with Crippen LogP contribution in [0, 0.1) is 5.92 Å². The van der Waals surface area contributed by atoms with Gasteiger partial charge in [-0.15, -0.1) is 10.2 Å². The van der Waals surface area contributed by atoms with Gasteiger partial charge in [0, 0.05) is 19.6 Å². The van der Waals surface area contributed by atoms with Crippen molar-refractivity contribution in [1.29, 1.82) is 0 Å². The predicted molar refractivity (Wildman–Crippen MR) is 109 cm³/mol. The van der Waals surface area contributed by atoms with Crippen LogP contribution in [0.1, 0.15) is 38.1 Å². The zero-order valence-electron chi connectivity index (χ0n) is 16.0. The molecule has 0 saturated heterocycles. The van der Waals surface area contributed by atoms with Crippen LogP contribution in [-0.2, 0) is 13.6 Å². The Hall–Kier alpha value is -2.14. The Kier molecular flexibility index (Phi) is 6.82. The molecule has 0 amide bonds. The molecule has 0 unspecified atom stereocenters. The third-order valence-corrected chi connectivity index (χ3v) is 5.54. The summed E-state index contributed by atoms with van der Waals surface area (Å²) in [6.07, 6.45) is 0. The highest BCUT2D eigenvalue weighted by atomic mass is 32.2. The van der Waals surface area contributed by atoms with Crippen molar-refractivity contribution in [2.24, 2.45) is 13.0 Å². The molecule has 2 aromatic rings. The molecule has 0 spiro atoms. The van der Waals surface area contributed by atoms with Gasteiger partial charge in [0.05, 0.1) is 5.75 Å².